The predicted octanol–water partition coefficient (Wildman–Crippen LogP) is -5.88. The van der Waals surface area contributed by atoms with Crippen molar-refractivity contribution in [2.75, 3.05) is 0 Å². The van der Waals surface area contributed by atoms with Crippen molar-refractivity contribution in [1.29, 1.82) is 0 Å². The highest BCUT2D eigenvalue weighted by atomic mass is 16.3. The van der Waals surface area contributed by atoms with E-state index in [1.54, 1.807) is 0 Å². The van der Waals surface area contributed by atoms with E-state index in [1.165, 1.54) is 21.0 Å². The molecule has 8 unspecified atom stereocenters. The maximum Gasteiger partial charge on any atom is 0.147 e. The van der Waals surface area contributed by atoms with E-state index in [0.29, 0.717) is 28.0 Å². The number of hydrogen-bond donors (Lipinski definition) is 1. The molecule has 0 amide bonds. The van der Waals surface area contributed by atoms with Crippen LogP contribution in [-0.4, -0.2) is 110 Å². The van der Waals surface area contributed by atoms with E-state index in [1.807, 2.05) is 0 Å². The van der Waals surface area contributed by atoms with Crippen LogP contribution in [0.4, 0.5) is 0 Å². The lowest BCUT2D eigenvalue weighted by Gasteiger charge is -2.63. The Labute approximate surface area is 211 Å². The molecule has 1 spiro atoms. The maximum atomic E-state index is 12.3. The maximum absolute atomic E-state index is 12.3. The molecule has 3 aliphatic heterocycles. The lowest BCUT2D eigenvalue weighted by atomic mass is 9.17. The number of aliphatic hydroxyl groups is 1. The topological polar surface area (TPSA) is 20.2 Å². The summed E-state index contributed by atoms with van der Waals surface area (Å²) in [4.78, 5) is 0. The standard InChI is InChI=1S/C18H45B13O/c1-8-6-14(23)17(26,27)11(2,3)29-18(14)13(5,31-18)30-16(25,32)9(28-7-19)12(4,22)15(8,24)10(20)21/h8-10,28-32H,6-7,19-27H2,1-5H3. The van der Waals surface area contributed by atoms with Crippen molar-refractivity contribution in [2.24, 2.45) is 5.92 Å². The van der Waals surface area contributed by atoms with Crippen molar-refractivity contribution >= 4 is 99.7 Å². The highest BCUT2D eigenvalue weighted by molar-refractivity contribution is 6.94. The second-order valence-electron chi connectivity index (χ2n) is 16.0. The highest BCUT2D eigenvalue weighted by Gasteiger charge is 2.81. The molecule has 0 aromatic carbocycles. The van der Waals surface area contributed by atoms with E-state index in [4.69, 9.17) is 0 Å². The van der Waals surface area contributed by atoms with Crippen LogP contribution >= 0.6 is 0 Å². The van der Waals surface area contributed by atoms with Crippen molar-refractivity contribution < 1.29 is 5.11 Å². The summed E-state index contributed by atoms with van der Waals surface area (Å²) in [5.74, 6) is 0.918. The van der Waals surface area contributed by atoms with Gasteiger partial charge in [-0.25, -0.2) is 0 Å². The number of rotatable bonds is 3. The van der Waals surface area contributed by atoms with Gasteiger partial charge in [0.25, 0.3) is 0 Å². The van der Waals surface area contributed by atoms with Crippen LogP contribution in [0.25, 0.3) is 0 Å². The zero-order chi connectivity index (χ0) is 25.0. The van der Waals surface area contributed by atoms with Gasteiger partial charge in [0, 0.05) is 5.40 Å². The molecule has 1 N–H and O–H groups in total. The van der Waals surface area contributed by atoms with Crippen molar-refractivity contribution in [3.05, 3.63) is 0 Å². The molecule has 3 heterocycles. The molecule has 0 bridgehead atoms. The van der Waals surface area contributed by atoms with E-state index >= 15 is 0 Å². The normalized spacial score (nSPS) is 53.6. The van der Waals surface area contributed by atoms with Gasteiger partial charge in [-0.05, 0) is 5.92 Å². The minimum absolute atomic E-state index is 0.0555. The summed E-state index contributed by atoms with van der Waals surface area (Å²) >= 11 is 0. The van der Waals surface area contributed by atoms with Crippen LogP contribution in [0.1, 0.15) is 41.0 Å². The van der Waals surface area contributed by atoms with Crippen LogP contribution in [0.5, 0.6) is 0 Å². The average molecular weight is 418 g/mol. The third-order valence-electron chi connectivity index (χ3n) is 13.9. The Morgan fingerprint density at radius 2 is 1.50 bits per heavy atom. The molecule has 162 valence electrons. The lowest BCUT2D eigenvalue weighted by Crippen LogP contribution is -2.56. The van der Waals surface area contributed by atoms with E-state index in [-0.39, 0.29) is 26.4 Å². The van der Waals surface area contributed by atoms with Gasteiger partial charge in [0.1, 0.15) is 60.5 Å². The molecule has 0 saturated carbocycles. The molecule has 0 radical (unpaired) electrons. The molecule has 1 nitrogen and oxygen atoms in total. The quantitative estimate of drug-likeness (QED) is 0.453. The molecule has 32 heavy (non-hydrogen) atoms. The van der Waals surface area contributed by atoms with Crippen LogP contribution in [0, 0.1) is 5.92 Å². The van der Waals surface area contributed by atoms with E-state index in [9.17, 15) is 5.11 Å². The first-order valence-corrected chi connectivity index (χ1v) is 13.9. The summed E-state index contributed by atoms with van der Waals surface area (Å²) < 4.78 is 0. The SMILES string of the molecule is BCBC1C(B)(O)BC2(C)BC23BC(C)(C)C(B)(B)C3(B)CC(C)C(B)(C(B)B)C1(B)C. The van der Waals surface area contributed by atoms with Crippen LogP contribution in [0.2, 0.25) is 54.7 Å². The smallest absolute Gasteiger partial charge is 0.147 e. The van der Waals surface area contributed by atoms with Crippen molar-refractivity contribution in [1.82, 2.24) is 0 Å². The van der Waals surface area contributed by atoms with Crippen molar-refractivity contribution in [3.63, 3.8) is 0 Å². The van der Waals surface area contributed by atoms with Gasteiger partial charge in [-0.15, -0.1) is 6.22 Å². The summed E-state index contributed by atoms with van der Waals surface area (Å²) in [5.41, 5.74) is 0.574. The number of hydrogen-bond acceptors (Lipinski definition) is 1. The molecule has 3 aliphatic rings. The van der Waals surface area contributed by atoms with Crippen molar-refractivity contribution in [3.8, 4) is 0 Å². The van der Waals surface area contributed by atoms with E-state index in [0.717, 1.165) is 20.8 Å². The average Bonchev–Trinajstić information content (AvgIpc) is 3.15. The molecule has 3 rings (SSSR count). The van der Waals surface area contributed by atoms with Crippen molar-refractivity contribution in [2.45, 2.75) is 101 Å². The zero-order valence-electron chi connectivity index (χ0n) is 24.4. The molecule has 0 aromatic heterocycles. The Morgan fingerprint density at radius 1 is 0.969 bits per heavy atom. The molecule has 3 fully saturated rings. The fourth-order valence-corrected chi connectivity index (χ4v) is 10.8. The second kappa shape index (κ2) is 7.41. The van der Waals surface area contributed by atoms with Gasteiger partial charge in [0.05, 0.1) is 39.2 Å². The van der Waals surface area contributed by atoms with Gasteiger partial charge in [-0.3, -0.25) is 0 Å². The summed E-state index contributed by atoms with van der Waals surface area (Å²) in [6.07, 6.45) is 2.45. The molecule has 14 heteroatoms. The summed E-state index contributed by atoms with van der Waals surface area (Å²) in [6, 6.07) is 0. The molecular weight excluding hydrogens is 373 g/mol. The molecule has 0 aliphatic carbocycles. The van der Waals surface area contributed by atoms with Gasteiger partial charge >= 0.3 is 0 Å². The predicted molar refractivity (Wildman–Crippen MR) is 178 cm³/mol. The molecule has 0 aromatic rings. The van der Waals surface area contributed by atoms with Gasteiger partial charge in [0.2, 0.25) is 0 Å². The Balaban J connectivity index is 2.29. The van der Waals surface area contributed by atoms with Crippen LogP contribution < -0.4 is 0 Å². The van der Waals surface area contributed by atoms with Crippen LogP contribution in [-0.2, 0) is 0 Å². The molecule has 3 saturated heterocycles. The van der Waals surface area contributed by atoms with Gasteiger partial charge in [-0.1, -0.05) is 89.5 Å². The summed E-state index contributed by atoms with van der Waals surface area (Å²) in [7, 11) is 27.0. The highest BCUT2D eigenvalue weighted by Crippen LogP contribution is 2.93. The monoisotopic (exact) mass is 420 g/mol. The van der Waals surface area contributed by atoms with Gasteiger partial charge in [-0.2, -0.15) is 0 Å². The Kier molecular flexibility index (Phi) is 6.35. The van der Waals surface area contributed by atoms with Gasteiger partial charge < -0.3 is 5.11 Å². The fourth-order valence-electron chi connectivity index (χ4n) is 10.8. The third-order valence-corrected chi connectivity index (χ3v) is 13.9. The van der Waals surface area contributed by atoms with Crippen LogP contribution in [0.3, 0.4) is 0 Å². The minimum atomic E-state index is -0.636. The Bertz CT molecular complexity index is 772. The second-order valence-corrected chi connectivity index (χ2v) is 16.0. The molecular formula is C18H45B13O. The summed E-state index contributed by atoms with van der Waals surface area (Å²) in [5, 5.41) is 13.4. The zero-order valence-corrected chi connectivity index (χ0v) is 24.4. The Hall–Kier alpha value is 0.804. The summed E-state index contributed by atoms with van der Waals surface area (Å²) in [6.45, 7) is 12.7. The Morgan fingerprint density at radius 3 is 1.97 bits per heavy atom. The van der Waals surface area contributed by atoms with Crippen LogP contribution in [0.15, 0.2) is 0 Å². The fraction of sp³-hybridized carbons (Fsp3) is 1.00. The lowest BCUT2D eigenvalue weighted by molar-refractivity contribution is 0.144. The third kappa shape index (κ3) is 3.11. The van der Waals surface area contributed by atoms with E-state index in [2.05, 4.69) is 105 Å². The first-order valence-electron chi connectivity index (χ1n) is 13.9. The largest absolute Gasteiger partial charge is 0.408 e. The van der Waals surface area contributed by atoms with Gasteiger partial charge in [0.15, 0.2) is 0 Å². The first-order chi connectivity index (χ1) is 14.1. The van der Waals surface area contributed by atoms with E-state index < -0.39 is 5.40 Å². The molecule has 8 atom stereocenters. The minimum Gasteiger partial charge on any atom is -0.408 e. The first kappa shape index (κ1) is 27.4.